The number of nitrogens with zero attached hydrogens (tertiary/aromatic N) is 2. The van der Waals surface area contributed by atoms with Gasteiger partial charge in [0.2, 0.25) is 5.91 Å². The van der Waals surface area contributed by atoms with E-state index in [2.05, 4.69) is 10.3 Å². The Morgan fingerprint density at radius 3 is 3.00 bits per heavy atom. The van der Waals surface area contributed by atoms with Crippen LogP contribution in [0.25, 0.3) is 11.0 Å². The molecule has 0 fully saturated rings. The van der Waals surface area contributed by atoms with Crippen LogP contribution in [0.1, 0.15) is 12.7 Å². The second-order valence-corrected chi connectivity index (χ2v) is 4.31. The summed E-state index contributed by atoms with van der Waals surface area (Å²) in [5.74, 6) is 0.369. The number of aliphatic hydroxyl groups excluding tert-OH is 1. The summed E-state index contributed by atoms with van der Waals surface area (Å²) in [5, 5.41) is 12.1. The number of hydrogen-bond acceptors (Lipinski definition) is 4. The lowest BCUT2D eigenvalue weighted by Crippen LogP contribution is -2.31. The van der Waals surface area contributed by atoms with Crippen molar-refractivity contribution in [1.29, 1.82) is 0 Å². The van der Waals surface area contributed by atoms with Gasteiger partial charge in [0, 0.05) is 13.2 Å². The monoisotopic (exact) mass is 277 g/mol. The van der Waals surface area contributed by atoms with Crippen LogP contribution in [-0.2, 0) is 22.7 Å². The van der Waals surface area contributed by atoms with Crippen LogP contribution in [-0.4, -0.2) is 40.3 Å². The highest BCUT2D eigenvalue weighted by molar-refractivity contribution is 5.81. The van der Waals surface area contributed by atoms with Crippen molar-refractivity contribution in [2.75, 3.05) is 19.8 Å². The molecule has 0 unspecified atom stereocenters. The highest BCUT2D eigenvalue weighted by Gasteiger charge is 2.12. The molecule has 1 aromatic carbocycles. The third-order valence-electron chi connectivity index (χ3n) is 2.95. The molecule has 6 heteroatoms. The first-order valence-electron chi connectivity index (χ1n) is 6.65. The van der Waals surface area contributed by atoms with Crippen molar-refractivity contribution in [3.8, 4) is 0 Å². The van der Waals surface area contributed by atoms with E-state index in [1.165, 1.54) is 0 Å². The van der Waals surface area contributed by atoms with Gasteiger partial charge in [0.25, 0.3) is 0 Å². The minimum Gasteiger partial charge on any atom is -0.388 e. The van der Waals surface area contributed by atoms with Gasteiger partial charge in [-0.05, 0) is 19.1 Å². The number of carbonyl (C=O) groups is 1. The summed E-state index contributed by atoms with van der Waals surface area (Å²) in [5.41, 5.74) is 1.62. The van der Waals surface area contributed by atoms with Gasteiger partial charge in [-0.3, -0.25) is 4.79 Å². The predicted octanol–water partition coefficient (Wildman–Crippen LogP) is 0.681. The quantitative estimate of drug-likeness (QED) is 0.730. The van der Waals surface area contributed by atoms with Crippen LogP contribution in [0.5, 0.6) is 0 Å². The number of carbonyl (C=O) groups excluding carboxylic acids is 1. The second kappa shape index (κ2) is 7.02. The lowest BCUT2D eigenvalue weighted by Gasteiger charge is -2.09. The molecule has 1 amide bonds. The average molecular weight is 277 g/mol. The number of nitrogens with one attached hydrogen (secondary N) is 1. The molecular formula is C14H19N3O3. The molecule has 1 aromatic heterocycles. The van der Waals surface area contributed by atoms with Crippen LogP contribution in [0.3, 0.4) is 0 Å². The van der Waals surface area contributed by atoms with E-state index in [9.17, 15) is 9.90 Å². The maximum atomic E-state index is 11.9. The Morgan fingerprint density at radius 1 is 1.45 bits per heavy atom. The fourth-order valence-electron chi connectivity index (χ4n) is 2.03. The molecule has 0 aliphatic rings. The van der Waals surface area contributed by atoms with Gasteiger partial charge in [-0.2, -0.15) is 0 Å². The lowest BCUT2D eigenvalue weighted by molar-refractivity contribution is -0.121. The van der Waals surface area contributed by atoms with Gasteiger partial charge in [-0.25, -0.2) is 4.98 Å². The molecule has 2 aromatic rings. The Hall–Kier alpha value is -1.92. The number of aliphatic hydroxyl groups is 1. The van der Waals surface area contributed by atoms with Gasteiger partial charge < -0.3 is 19.7 Å². The third-order valence-corrected chi connectivity index (χ3v) is 2.95. The van der Waals surface area contributed by atoms with Crippen LogP contribution in [0.4, 0.5) is 0 Å². The van der Waals surface area contributed by atoms with E-state index in [0.29, 0.717) is 25.6 Å². The number of hydrogen-bond donors (Lipinski definition) is 2. The van der Waals surface area contributed by atoms with Crippen molar-refractivity contribution in [3.63, 3.8) is 0 Å². The topological polar surface area (TPSA) is 76.4 Å². The molecule has 0 saturated heterocycles. The number of aromatic nitrogens is 2. The SMILES string of the molecule is CCOCCNC(=O)Cn1c(CO)nc2ccccc21. The van der Waals surface area contributed by atoms with Crippen molar-refractivity contribution in [3.05, 3.63) is 30.1 Å². The molecule has 0 atom stereocenters. The zero-order valence-corrected chi connectivity index (χ0v) is 11.5. The van der Waals surface area contributed by atoms with Crippen molar-refractivity contribution in [1.82, 2.24) is 14.9 Å². The second-order valence-electron chi connectivity index (χ2n) is 4.31. The van der Waals surface area contributed by atoms with Crippen molar-refractivity contribution < 1.29 is 14.6 Å². The number of para-hydroxylation sites is 2. The molecule has 0 bridgehead atoms. The number of imidazole rings is 1. The van der Waals surface area contributed by atoms with Crippen molar-refractivity contribution in [2.45, 2.75) is 20.1 Å². The van der Waals surface area contributed by atoms with Crippen LogP contribution in [0, 0.1) is 0 Å². The zero-order chi connectivity index (χ0) is 14.4. The molecule has 108 valence electrons. The predicted molar refractivity (Wildman–Crippen MR) is 75.2 cm³/mol. The van der Waals surface area contributed by atoms with Gasteiger partial charge in [0.15, 0.2) is 0 Å². The summed E-state index contributed by atoms with van der Waals surface area (Å²) in [6, 6.07) is 7.50. The lowest BCUT2D eigenvalue weighted by atomic mass is 10.3. The fourth-order valence-corrected chi connectivity index (χ4v) is 2.03. The van der Waals surface area contributed by atoms with Crippen LogP contribution in [0.15, 0.2) is 24.3 Å². The summed E-state index contributed by atoms with van der Waals surface area (Å²) in [4.78, 5) is 16.2. The summed E-state index contributed by atoms with van der Waals surface area (Å²) < 4.78 is 6.89. The molecule has 2 rings (SSSR count). The first-order valence-corrected chi connectivity index (χ1v) is 6.65. The largest absolute Gasteiger partial charge is 0.388 e. The number of amides is 1. The molecule has 0 saturated carbocycles. The number of fused-ring (bicyclic) bond motifs is 1. The molecular weight excluding hydrogens is 258 g/mol. The molecule has 0 spiro atoms. The Bertz CT molecular complexity index is 580. The minimum absolute atomic E-state index is 0.123. The maximum absolute atomic E-state index is 11.9. The van der Waals surface area contributed by atoms with E-state index in [4.69, 9.17) is 4.74 Å². The van der Waals surface area contributed by atoms with Crippen molar-refractivity contribution >= 4 is 16.9 Å². The van der Waals surface area contributed by atoms with Gasteiger partial charge in [0.1, 0.15) is 19.0 Å². The number of ether oxygens (including phenoxy) is 1. The third kappa shape index (κ3) is 3.34. The van der Waals surface area contributed by atoms with Crippen LogP contribution in [0.2, 0.25) is 0 Å². The summed E-state index contributed by atoms with van der Waals surface area (Å²) in [7, 11) is 0. The van der Waals surface area contributed by atoms with E-state index >= 15 is 0 Å². The Kier molecular flexibility index (Phi) is 5.09. The van der Waals surface area contributed by atoms with Crippen molar-refractivity contribution in [2.24, 2.45) is 0 Å². The maximum Gasteiger partial charge on any atom is 0.240 e. The Balaban J connectivity index is 2.06. The highest BCUT2D eigenvalue weighted by atomic mass is 16.5. The van der Waals surface area contributed by atoms with Crippen LogP contribution < -0.4 is 5.32 Å². The Morgan fingerprint density at radius 2 is 2.25 bits per heavy atom. The number of benzene rings is 1. The fraction of sp³-hybridized carbons (Fsp3) is 0.429. The first-order chi connectivity index (χ1) is 9.76. The Labute approximate surface area is 117 Å². The molecule has 0 aliphatic carbocycles. The summed E-state index contributed by atoms with van der Waals surface area (Å²) >= 11 is 0. The average Bonchev–Trinajstić information content (AvgIpc) is 2.82. The van der Waals surface area contributed by atoms with E-state index in [0.717, 1.165) is 11.0 Å². The molecule has 6 nitrogen and oxygen atoms in total. The van der Waals surface area contributed by atoms with Gasteiger partial charge in [-0.1, -0.05) is 12.1 Å². The van der Waals surface area contributed by atoms with E-state index < -0.39 is 0 Å². The first kappa shape index (κ1) is 14.5. The summed E-state index contributed by atoms with van der Waals surface area (Å²) in [6.45, 7) is 3.47. The number of rotatable bonds is 7. The summed E-state index contributed by atoms with van der Waals surface area (Å²) in [6.07, 6.45) is 0. The molecule has 0 aliphatic heterocycles. The van der Waals surface area contributed by atoms with Gasteiger partial charge in [-0.15, -0.1) is 0 Å². The molecule has 1 heterocycles. The van der Waals surface area contributed by atoms with E-state index in [-0.39, 0.29) is 19.1 Å². The standard InChI is InChI=1S/C14H19N3O3/c1-2-20-8-7-15-14(19)9-17-12-6-4-3-5-11(12)16-13(17)10-18/h3-6,18H,2,7-10H2,1H3,(H,15,19). The molecule has 2 N–H and O–H groups in total. The zero-order valence-electron chi connectivity index (χ0n) is 11.5. The normalized spacial score (nSPS) is 10.9. The van der Waals surface area contributed by atoms with Gasteiger partial charge in [0.05, 0.1) is 17.6 Å². The van der Waals surface area contributed by atoms with E-state index in [1.807, 2.05) is 31.2 Å². The molecule has 20 heavy (non-hydrogen) atoms. The molecule has 0 radical (unpaired) electrons. The highest BCUT2D eigenvalue weighted by Crippen LogP contribution is 2.15. The minimum atomic E-state index is -0.194. The smallest absolute Gasteiger partial charge is 0.240 e. The van der Waals surface area contributed by atoms with E-state index in [1.54, 1.807) is 4.57 Å². The van der Waals surface area contributed by atoms with Crippen LogP contribution >= 0.6 is 0 Å². The van der Waals surface area contributed by atoms with Gasteiger partial charge >= 0.3 is 0 Å².